The first-order valence-electron chi connectivity index (χ1n) is 9.27. The summed E-state index contributed by atoms with van der Waals surface area (Å²) in [5.74, 6) is 0.722. The van der Waals surface area contributed by atoms with Crippen LogP contribution in [-0.2, 0) is 13.0 Å². The maximum absolute atomic E-state index is 11.1. The van der Waals surface area contributed by atoms with Crippen molar-refractivity contribution >= 4 is 0 Å². The van der Waals surface area contributed by atoms with E-state index in [1.54, 1.807) is 0 Å². The number of pyridine rings is 1. The molecular weight excluding hydrogens is 344 g/mol. The van der Waals surface area contributed by atoms with Gasteiger partial charge in [-0.25, -0.2) is 9.89 Å². The predicted molar refractivity (Wildman–Crippen MR) is 98.4 cm³/mol. The molecule has 0 bridgehead atoms. The standard InChI is InChI=1S/C20H20N4O3/c25-20-23-22-19(27-20)14-5-3-13(4-6-14)12-24-8-1-2-17(24)15-10-18-16(21-11-15)7-9-26-18/h3-6,10-11,17H,1-2,7-9,12H2,(H,23,25)/t17-/m0/s1. The summed E-state index contributed by atoms with van der Waals surface area (Å²) in [6.45, 7) is 2.68. The molecule has 27 heavy (non-hydrogen) atoms. The first-order chi connectivity index (χ1) is 13.3. The van der Waals surface area contributed by atoms with E-state index in [2.05, 4.69) is 38.3 Å². The lowest BCUT2D eigenvalue weighted by Crippen LogP contribution is -2.22. The lowest BCUT2D eigenvalue weighted by molar-refractivity contribution is 0.247. The Hall–Kier alpha value is -2.93. The predicted octanol–water partition coefficient (Wildman–Crippen LogP) is 2.70. The Morgan fingerprint density at radius 3 is 2.96 bits per heavy atom. The van der Waals surface area contributed by atoms with Crippen molar-refractivity contribution < 1.29 is 9.15 Å². The summed E-state index contributed by atoms with van der Waals surface area (Å²) in [7, 11) is 0. The second-order valence-corrected chi connectivity index (χ2v) is 7.06. The highest BCUT2D eigenvalue weighted by Crippen LogP contribution is 2.36. The van der Waals surface area contributed by atoms with E-state index in [1.165, 1.54) is 17.5 Å². The van der Waals surface area contributed by atoms with Crippen molar-refractivity contribution in [2.75, 3.05) is 13.2 Å². The molecule has 7 nitrogen and oxygen atoms in total. The highest BCUT2D eigenvalue weighted by Gasteiger charge is 2.27. The molecule has 1 atom stereocenters. The van der Waals surface area contributed by atoms with Crippen LogP contribution in [0.4, 0.5) is 0 Å². The molecule has 0 radical (unpaired) electrons. The minimum Gasteiger partial charge on any atom is -0.491 e. The maximum Gasteiger partial charge on any atom is 0.434 e. The highest BCUT2D eigenvalue weighted by molar-refractivity contribution is 5.52. The van der Waals surface area contributed by atoms with Gasteiger partial charge in [0.1, 0.15) is 5.75 Å². The number of rotatable bonds is 4. The quantitative estimate of drug-likeness (QED) is 0.766. The van der Waals surface area contributed by atoms with Crippen molar-refractivity contribution in [3.8, 4) is 17.2 Å². The highest BCUT2D eigenvalue weighted by atomic mass is 16.5. The van der Waals surface area contributed by atoms with Gasteiger partial charge in [0.15, 0.2) is 0 Å². The monoisotopic (exact) mass is 364 g/mol. The lowest BCUT2D eigenvalue weighted by atomic mass is 10.0. The molecule has 4 heterocycles. The lowest BCUT2D eigenvalue weighted by Gasteiger charge is -2.25. The van der Waals surface area contributed by atoms with Gasteiger partial charge in [0, 0.05) is 30.8 Å². The van der Waals surface area contributed by atoms with E-state index < -0.39 is 5.76 Å². The molecule has 3 aromatic rings. The Balaban J connectivity index is 1.33. The molecular formula is C20H20N4O3. The van der Waals surface area contributed by atoms with Crippen LogP contribution in [0.25, 0.3) is 11.5 Å². The van der Waals surface area contributed by atoms with E-state index in [1.807, 2.05) is 18.3 Å². The average molecular weight is 364 g/mol. The molecule has 138 valence electrons. The number of nitrogens with zero attached hydrogens (tertiary/aromatic N) is 3. The van der Waals surface area contributed by atoms with E-state index >= 15 is 0 Å². The summed E-state index contributed by atoms with van der Waals surface area (Å²) < 4.78 is 10.7. The van der Waals surface area contributed by atoms with Crippen LogP contribution in [0.1, 0.15) is 35.7 Å². The molecule has 1 fully saturated rings. The van der Waals surface area contributed by atoms with Crippen LogP contribution in [0.2, 0.25) is 0 Å². The first-order valence-corrected chi connectivity index (χ1v) is 9.27. The number of aromatic amines is 1. The van der Waals surface area contributed by atoms with Gasteiger partial charge < -0.3 is 9.15 Å². The molecule has 0 spiro atoms. The van der Waals surface area contributed by atoms with Gasteiger partial charge in [0.05, 0.1) is 12.3 Å². The van der Waals surface area contributed by atoms with Crippen LogP contribution in [0.5, 0.6) is 5.75 Å². The number of likely N-dealkylation sites (tertiary alicyclic amines) is 1. The summed E-state index contributed by atoms with van der Waals surface area (Å²) in [4.78, 5) is 18.2. The Bertz CT molecular complexity index is 1010. The summed E-state index contributed by atoms with van der Waals surface area (Å²) in [6.07, 6.45) is 5.24. The minimum absolute atomic E-state index is 0.315. The van der Waals surface area contributed by atoms with Crippen LogP contribution in [0.3, 0.4) is 0 Å². The van der Waals surface area contributed by atoms with Crippen molar-refractivity contribution in [2.24, 2.45) is 0 Å². The van der Waals surface area contributed by atoms with Crippen molar-refractivity contribution in [3.05, 3.63) is 63.9 Å². The molecule has 2 aliphatic rings. The zero-order chi connectivity index (χ0) is 18.2. The SMILES string of the molecule is O=c1[nH]nc(-c2ccc(CN3CCC[C@H]3c3cnc4c(c3)OCC4)cc2)o1. The fourth-order valence-corrected chi connectivity index (χ4v) is 3.97. The third kappa shape index (κ3) is 3.14. The maximum atomic E-state index is 11.1. The number of aromatic nitrogens is 3. The molecule has 1 aromatic carbocycles. The zero-order valence-electron chi connectivity index (χ0n) is 14.9. The molecule has 7 heteroatoms. The van der Waals surface area contributed by atoms with Crippen molar-refractivity contribution in [1.82, 2.24) is 20.1 Å². The number of fused-ring (bicyclic) bond motifs is 1. The Kier molecular flexibility index (Phi) is 4.01. The molecule has 2 aliphatic heterocycles. The van der Waals surface area contributed by atoms with Crippen molar-refractivity contribution in [2.45, 2.75) is 31.8 Å². The molecule has 1 saturated heterocycles. The molecule has 2 aromatic heterocycles. The van der Waals surface area contributed by atoms with Crippen LogP contribution in [-0.4, -0.2) is 33.2 Å². The number of H-pyrrole nitrogens is 1. The summed E-state index contributed by atoms with van der Waals surface area (Å²) in [6, 6.07) is 10.5. The number of benzene rings is 1. The van der Waals surface area contributed by atoms with Crippen LogP contribution in [0.15, 0.2) is 45.7 Å². The fourth-order valence-electron chi connectivity index (χ4n) is 3.97. The fraction of sp³-hybridized carbons (Fsp3) is 0.350. The van der Waals surface area contributed by atoms with E-state index in [0.29, 0.717) is 11.9 Å². The van der Waals surface area contributed by atoms with Gasteiger partial charge in [-0.3, -0.25) is 9.88 Å². The van der Waals surface area contributed by atoms with Gasteiger partial charge in [-0.15, -0.1) is 5.10 Å². The van der Waals surface area contributed by atoms with Crippen molar-refractivity contribution in [3.63, 3.8) is 0 Å². The second kappa shape index (κ2) is 6.66. The summed E-state index contributed by atoms with van der Waals surface area (Å²) >= 11 is 0. The van der Waals surface area contributed by atoms with E-state index in [9.17, 15) is 4.79 Å². The number of nitrogens with one attached hydrogen (secondary N) is 1. The molecule has 1 N–H and O–H groups in total. The van der Waals surface area contributed by atoms with E-state index in [-0.39, 0.29) is 0 Å². The smallest absolute Gasteiger partial charge is 0.434 e. The van der Waals surface area contributed by atoms with Gasteiger partial charge in [0.25, 0.3) is 0 Å². The molecule has 0 aliphatic carbocycles. The number of hydrogen-bond acceptors (Lipinski definition) is 6. The average Bonchev–Trinajstić information content (AvgIpc) is 3.42. The van der Waals surface area contributed by atoms with Crippen LogP contribution in [0, 0.1) is 0 Å². The van der Waals surface area contributed by atoms with E-state index in [4.69, 9.17) is 9.15 Å². The Morgan fingerprint density at radius 1 is 1.26 bits per heavy atom. The van der Waals surface area contributed by atoms with Gasteiger partial charge >= 0.3 is 5.76 Å². The number of hydrogen-bond donors (Lipinski definition) is 1. The van der Waals surface area contributed by atoms with Crippen LogP contribution >= 0.6 is 0 Å². The van der Waals surface area contributed by atoms with E-state index in [0.717, 1.165) is 49.5 Å². The Morgan fingerprint density at radius 2 is 2.15 bits per heavy atom. The topological polar surface area (TPSA) is 84.2 Å². The Labute approximate surface area is 156 Å². The minimum atomic E-state index is -0.541. The van der Waals surface area contributed by atoms with Crippen molar-refractivity contribution in [1.29, 1.82) is 0 Å². The van der Waals surface area contributed by atoms with Gasteiger partial charge in [0.2, 0.25) is 5.89 Å². The van der Waals surface area contributed by atoms with Gasteiger partial charge in [-0.05, 0) is 48.7 Å². The molecule has 5 rings (SSSR count). The second-order valence-electron chi connectivity index (χ2n) is 7.06. The molecule has 0 saturated carbocycles. The summed E-state index contributed by atoms with van der Waals surface area (Å²) in [5, 5.41) is 6.15. The molecule has 0 unspecified atom stereocenters. The number of ether oxygens (including phenoxy) is 1. The van der Waals surface area contributed by atoms with Crippen LogP contribution < -0.4 is 10.5 Å². The zero-order valence-corrected chi connectivity index (χ0v) is 14.9. The third-order valence-corrected chi connectivity index (χ3v) is 5.32. The normalized spacial score (nSPS) is 19.2. The first kappa shape index (κ1) is 16.3. The largest absolute Gasteiger partial charge is 0.491 e. The van der Waals surface area contributed by atoms with Gasteiger partial charge in [-0.2, -0.15) is 0 Å². The molecule has 0 amide bonds. The van der Waals surface area contributed by atoms with Gasteiger partial charge in [-0.1, -0.05) is 12.1 Å². The summed E-state index contributed by atoms with van der Waals surface area (Å²) in [5.41, 5.74) is 4.32. The third-order valence-electron chi connectivity index (χ3n) is 5.32.